The first-order valence-corrected chi connectivity index (χ1v) is 7.68. The van der Waals surface area contributed by atoms with E-state index in [1.54, 1.807) is 0 Å². The number of aryl methyl sites for hydroxylation is 2. The van der Waals surface area contributed by atoms with E-state index in [9.17, 15) is 4.79 Å². The number of fused-ring (bicyclic) bond motifs is 1. The van der Waals surface area contributed by atoms with Crippen molar-refractivity contribution in [2.45, 2.75) is 33.6 Å². The van der Waals surface area contributed by atoms with Crippen LogP contribution in [0.1, 0.15) is 41.8 Å². The Morgan fingerprint density at radius 2 is 1.91 bits per heavy atom. The molecule has 0 saturated carbocycles. The van der Waals surface area contributed by atoms with Gasteiger partial charge >= 0.3 is 0 Å². The maximum absolute atomic E-state index is 12.5. The third-order valence-electron chi connectivity index (χ3n) is 4.52. The summed E-state index contributed by atoms with van der Waals surface area (Å²) in [5.41, 5.74) is 11.5. The number of ketones is 1. The first kappa shape index (κ1) is 14.6. The van der Waals surface area contributed by atoms with Gasteiger partial charge in [-0.2, -0.15) is 0 Å². The van der Waals surface area contributed by atoms with Gasteiger partial charge in [0.15, 0.2) is 5.78 Å². The van der Waals surface area contributed by atoms with Crippen LogP contribution in [0.25, 0.3) is 0 Å². The summed E-state index contributed by atoms with van der Waals surface area (Å²) in [5.74, 6) is 0.250. The van der Waals surface area contributed by atoms with Crippen molar-refractivity contribution in [1.29, 1.82) is 0 Å². The van der Waals surface area contributed by atoms with Crippen molar-refractivity contribution in [3.8, 4) is 0 Å². The minimum atomic E-state index is -0.244. The largest absolute Gasteiger partial charge is 0.399 e. The van der Waals surface area contributed by atoms with Crippen molar-refractivity contribution in [2.75, 3.05) is 11.1 Å². The van der Waals surface area contributed by atoms with Gasteiger partial charge in [-0.3, -0.25) is 4.79 Å². The van der Waals surface area contributed by atoms with Gasteiger partial charge in [0.05, 0.1) is 0 Å². The molecule has 0 aliphatic heterocycles. The number of nitrogens with two attached hydrogens (primary N) is 1. The molecule has 0 bridgehead atoms. The van der Waals surface area contributed by atoms with E-state index in [1.165, 1.54) is 0 Å². The molecule has 3 heteroatoms. The van der Waals surface area contributed by atoms with Gasteiger partial charge in [-0.05, 0) is 61.2 Å². The van der Waals surface area contributed by atoms with Crippen molar-refractivity contribution in [1.82, 2.24) is 0 Å². The smallest absolute Gasteiger partial charge is 0.168 e. The normalized spacial score (nSPS) is 16.2. The predicted molar refractivity (Wildman–Crippen MR) is 91.7 cm³/mol. The molecule has 1 aliphatic rings. The molecular formula is C19H22N2O. The summed E-state index contributed by atoms with van der Waals surface area (Å²) in [6.45, 7) is 6.10. The molecule has 0 unspecified atom stereocenters. The number of carbonyl (C=O) groups excluding carboxylic acids is 1. The van der Waals surface area contributed by atoms with Crippen LogP contribution in [0.3, 0.4) is 0 Å². The summed E-state index contributed by atoms with van der Waals surface area (Å²) >= 11 is 0. The molecule has 114 valence electrons. The molecule has 0 spiro atoms. The standard InChI is InChI=1S/C19H22N2O/c1-12-4-5-14(20)11-17(12)21-15-6-7-16-13(10-15)8-9-19(2,3)18(16)22/h4-7,10-11,21H,8-9,20H2,1-3H3. The lowest BCUT2D eigenvalue weighted by molar-refractivity contribution is 0.0811. The molecule has 3 nitrogen and oxygen atoms in total. The Labute approximate surface area is 131 Å². The summed E-state index contributed by atoms with van der Waals surface area (Å²) in [7, 11) is 0. The van der Waals surface area contributed by atoms with E-state index >= 15 is 0 Å². The van der Waals surface area contributed by atoms with E-state index in [1.807, 2.05) is 51.1 Å². The lowest BCUT2D eigenvalue weighted by atomic mass is 9.73. The zero-order valence-corrected chi connectivity index (χ0v) is 13.4. The van der Waals surface area contributed by atoms with Crippen LogP contribution < -0.4 is 11.1 Å². The molecule has 0 radical (unpaired) electrons. The highest BCUT2D eigenvalue weighted by molar-refractivity contribution is 6.02. The van der Waals surface area contributed by atoms with Crippen molar-refractivity contribution in [2.24, 2.45) is 5.41 Å². The second-order valence-corrected chi connectivity index (χ2v) is 6.78. The minimum absolute atomic E-state index is 0.244. The summed E-state index contributed by atoms with van der Waals surface area (Å²) in [6, 6.07) is 11.8. The van der Waals surface area contributed by atoms with E-state index in [0.29, 0.717) is 0 Å². The first-order chi connectivity index (χ1) is 10.4. The van der Waals surface area contributed by atoms with E-state index < -0.39 is 0 Å². The van der Waals surface area contributed by atoms with Crippen LogP contribution in [0.4, 0.5) is 17.1 Å². The van der Waals surface area contributed by atoms with E-state index in [-0.39, 0.29) is 11.2 Å². The number of Topliss-reactive ketones (excluding diaryl/α,β-unsaturated/α-hetero) is 1. The minimum Gasteiger partial charge on any atom is -0.399 e. The molecule has 3 N–H and O–H groups in total. The second kappa shape index (κ2) is 5.16. The summed E-state index contributed by atoms with van der Waals surface area (Å²) in [5, 5.41) is 3.41. The van der Waals surface area contributed by atoms with Crippen LogP contribution in [0.15, 0.2) is 36.4 Å². The van der Waals surface area contributed by atoms with Gasteiger partial charge in [0, 0.05) is 28.0 Å². The van der Waals surface area contributed by atoms with Crippen molar-refractivity contribution >= 4 is 22.8 Å². The van der Waals surface area contributed by atoms with Crippen LogP contribution in [-0.2, 0) is 6.42 Å². The lowest BCUT2D eigenvalue weighted by Crippen LogP contribution is -2.30. The number of hydrogen-bond acceptors (Lipinski definition) is 3. The van der Waals surface area contributed by atoms with Crippen molar-refractivity contribution < 1.29 is 4.79 Å². The van der Waals surface area contributed by atoms with Crippen molar-refractivity contribution in [3.05, 3.63) is 53.1 Å². The number of nitrogens with one attached hydrogen (secondary N) is 1. The zero-order valence-electron chi connectivity index (χ0n) is 13.4. The van der Waals surface area contributed by atoms with E-state index in [2.05, 4.69) is 11.4 Å². The average Bonchev–Trinajstić information content (AvgIpc) is 2.47. The van der Waals surface area contributed by atoms with Gasteiger partial charge in [-0.1, -0.05) is 19.9 Å². The molecular weight excluding hydrogens is 272 g/mol. The summed E-state index contributed by atoms with van der Waals surface area (Å²) in [4.78, 5) is 12.5. The molecule has 22 heavy (non-hydrogen) atoms. The number of carbonyl (C=O) groups is 1. The highest BCUT2D eigenvalue weighted by Crippen LogP contribution is 2.36. The molecule has 1 aliphatic carbocycles. The molecule has 2 aromatic carbocycles. The number of rotatable bonds is 2. The molecule has 2 aromatic rings. The molecule has 0 saturated heterocycles. The topological polar surface area (TPSA) is 55.1 Å². The zero-order chi connectivity index (χ0) is 15.9. The average molecular weight is 294 g/mol. The van der Waals surface area contributed by atoms with Gasteiger partial charge in [-0.25, -0.2) is 0 Å². The summed E-state index contributed by atoms with van der Waals surface area (Å²) in [6.07, 6.45) is 1.85. The third kappa shape index (κ3) is 2.59. The lowest BCUT2D eigenvalue weighted by Gasteiger charge is -2.29. The van der Waals surface area contributed by atoms with Crippen LogP contribution in [-0.4, -0.2) is 5.78 Å². The fourth-order valence-corrected chi connectivity index (χ4v) is 2.95. The van der Waals surface area contributed by atoms with Crippen LogP contribution >= 0.6 is 0 Å². The number of anilines is 3. The van der Waals surface area contributed by atoms with Crippen LogP contribution in [0.5, 0.6) is 0 Å². The van der Waals surface area contributed by atoms with Gasteiger partial charge in [-0.15, -0.1) is 0 Å². The molecule has 0 amide bonds. The first-order valence-electron chi connectivity index (χ1n) is 7.68. The maximum atomic E-state index is 12.5. The third-order valence-corrected chi connectivity index (χ3v) is 4.52. The molecule has 0 aromatic heterocycles. The van der Waals surface area contributed by atoms with E-state index in [0.717, 1.165) is 46.6 Å². The van der Waals surface area contributed by atoms with Crippen LogP contribution in [0, 0.1) is 12.3 Å². The number of hydrogen-bond donors (Lipinski definition) is 2. The molecule has 0 heterocycles. The highest BCUT2D eigenvalue weighted by atomic mass is 16.1. The van der Waals surface area contributed by atoms with E-state index in [4.69, 9.17) is 5.73 Å². The number of benzene rings is 2. The van der Waals surface area contributed by atoms with Crippen molar-refractivity contribution in [3.63, 3.8) is 0 Å². The Morgan fingerprint density at radius 3 is 2.68 bits per heavy atom. The Morgan fingerprint density at radius 1 is 1.14 bits per heavy atom. The second-order valence-electron chi connectivity index (χ2n) is 6.78. The molecule has 0 fully saturated rings. The molecule has 3 rings (SSSR count). The van der Waals surface area contributed by atoms with Gasteiger partial charge in [0.2, 0.25) is 0 Å². The maximum Gasteiger partial charge on any atom is 0.168 e. The Bertz CT molecular complexity index is 747. The molecule has 0 atom stereocenters. The Hall–Kier alpha value is -2.29. The fraction of sp³-hybridized carbons (Fsp3) is 0.316. The predicted octanol–water partition coefficient (Wildman–Crippen LogP) is 4.48. The highest BCUT2D eigenvalue weighted by Gasteiger charge is 2.33. The fourth-order valence-electron chi connectivity index (χ4n) is 2.95. The quantitative estimate of drug-likeness (QED) is 0.803. The van der Waals surface area contributed by atoms with Gasteiger partial charge < -0.3 is 11.1 Å². The summed E-state index contributed by atoms with van der Waals surface area (Å²) < 4.78 is 0. The Balaban J connectivity index is 1.92. The number of nitrogen functional groups attached to an aromatic ring is 1. The Kier molecular flexibility index (Phi) is 3.44. The monoisotopic (exact) mass is 294 g/mol. The van der Waals surface area contributed by atoms with Gasteiger partial charge in [0.25, 0.3) is 0 Å². The SMILES string of the molecule is Cc1ccc(N)cc1Nc1ccc2c(c1)CCC(C)(C)C2=O. The van der Waals surface area contributed by atoms with Gasteiger partial charge in [0.1, 0.15) is 0 Å². The van der Waals surface area contributed by atoms with Crippen LogP contribution in [0.2, 0.25) is 0 Å².